The van der Waals surface area contributed by atoms with Gasteiger partial charge in [0.15, 0.2) is 0 Å². The van der Waals surface area contributed by atoms with Crippen molar-refractivity contribution < 1.29 is 0 Å². The predicted molar refractivity (Wildman–Crippen MR) is 68.5 cm³/mol. The first-order valence-electron chi connectivity index (χ1n) is 5.80. The first-order valence-corrected chi connectivity index (χ1v) is 5.80. The van der Waals surface area contributed by atoms with Crippen molar-refractivity contribution in [3.63, 3.8) is 0 Å². The second kappa shape index (κ2) is 4.52. The normalized spacial score (nSPS) is 10.7. The second-order valence-electron chi connectivity index (χ2n) is 4.26. The van der Waals surface area contributed by atoms with Gasteiger partial charge in [-0.25, -0.2) is 4.98 Å². The van der Waals surface area contributed by atoms with Crippen molar-refractivity contribution in [2.75, 3.05) is 0 Å². The van der Waals surface area contributed by atoms with E-state index in [0.717, 1.165) is 18.5 Å². The summed E-state index contributed by atoms with van der Waals surface area (Å²) in [6, 6.07) is 8.33. The van der Waals surface area contributed by atoms with Gasteiger partial charge in [-0.2, -0.15) is 0 Å². The molecule has 2 rings (SSSR count). The number of rotatable bonds is 3. The molecule has 1 heterocycles. The summed E-state index contributed by atoms with van der Waals surface area (Å²) >= 11 is 0. The van der Waals surface area contributed by atoms with Gasteiger partial charge < -0.3 is 4.57 Å². The fourth-order valence-corrected chi connectivity index (χ4v) is 1.87. The van der Waals surface area contributed by atoms with E-state index in [9.17, 15) is 0 Å². The average Bonchev–Trinajstić information content (AvgIpc) is 2.64. The molecule has 2 heteroatoms. The van der Waals surface area contributed by atoms with E-state index in [1.165, 1.54) is 16.9 Å². The second-order valence-corrected chi connectivity index (χ2v) is 4.26. The fourth-order valence-electron chi connectivity index (χ4n) is 1.87. The molecule has 0 amide bonds. The quantitative estimate of drug-likeness (QED) is 0.714. The van der Waals surface area contributed by atoms with Gasteiger partial charge in [-0.1, -0.05) is 30.7 Å². The lowest BCUT2D eigenvalue weighted by Crippen LogP contribution is -2.01. The van der Waals surface area contributed by atoms with Crippen LogP contribution in [0.5, 0.6) is 0 Å². The summed E-state index contributed by atoms with van der Waals surface area (Å²) in [6.45, 7) is 7.34. The number of aryl methyl sites for hydroxylation is 1. The Morgan fingerprint density at radius 3 is 2.75 bits per heavy atom. The standard InChI is InChI=1S/C14H18N2/c1-4-14-15-12-7-5-6-8-13(12)16(14)10-9-11(2)3/h5-9H,4,10H2,1-3H3. The monoisotopic (exact) mass is 214 g/mol. The van der Waals surface area contributed by atoms with Crippen LogP contribution in [0, 0.1) is 0 Å². The molecule has 0 N–H and O–H groups in total. The van der Waals surface area contributed by atoms with Gasteiger partial charge in [-0.15, -0.1) is 0 Å². The number of benzene rings is 1. The molecule has 0 bridgehead atoms. The molecule has 0 unspecified atom stereocenters. The highest BCUT2D eigenvalue weighted by atomic mass is 15.1. The van der Waals surface area contributed by atoms with Crippen molar-refractivity contribution in [2.45, 2.75) is 33.7 Å². The number of fused-ring (bicyclic) bond motifs is 1. The maximum atomic E-state index is 4.64. The van der Waals surface area contributed by atoms with Crippen LogP contribution in [0.25, 0.3) is 11.0 Å². The molecular weight excluding hydrogens is 196 g/mol. The van der Waals surface area contributed by atoms with E-state index in [1.807, 2.05) is 6.07 Å². The van der Waals surface area contributed by atoms with Gasteiger partial charge in [0.05, 0.1) is 11.0 Å². The molecule has 0 saturated heterocycles. The van der Waals surface area contributed by atoms with Crippen molar-refractivity contribution in [1.82, 2.24) is 9.55 Å². The molecule has 0 aliphatic heterocycles. The lowest BCUT2D eigenvalue weighted by atomic mass is 10.3. The van der Waals surface area contributed by atoms with E-state index in [1.54, 1.807) is 0 Å². The van der Waals surface area contributed by atoms with Gasteiger partial charge in [-0.3, -0.25) is 0 Å². The van der Waals surface area contributed by atoms with Crippen LogP contribution in [0.1, 0.15) is 26.6 Å². The molecule has 16 heavy (non-hydrogen) atoms. The van der Waals surface area contributed by atoms with Crippen molar-refractivity contribution in [2.24, 2.45) is 0 Å². The third-order valence-electron chi connectivity index (χ3n) is 2.73. The summed E-state index contributed by atoms with van der Waals surface area (Å²) < 4.78 is 2.29. The SMILES string of the molecule is CCc1nc2ccccc2n1CC=C(C)C. The Hall–Kier alpha value is -1.57. The van der Waals surface area contributed by atoms with Gasteiger partial charge >= 0.3 is 0 Å². The van der Waals surface area contributed by atoms with E-state index >= 15 is 0 Å². The van der Waals surface area contributed by atoms with Crippen LogP contribution in [-0.4, -0.2) is 9.55 Å². The summed E-state index contributed by atoms with van der Waals surface area (Å²) in [7, 11) is 0. The Balaban J connectivity index is 2.51. The molecule has 0 spiro atoms. The zero-order chi connectivity index (χ0) is 11.5. The van der Waals surface area contributed by atoms with Crippen LogP contribution in [0.15, 0.2) is 35.9 Å². The van der Waals surface area contributed by atoms with Crippen LogP contribution in [0.4, 0.5) is 0 Å². The Morgan fingerprint density at radius 2 is 2.06 bits per heavy atom. The predicted octanol–water partition coefficient (Wildman–Crippen LogP) is 3.56. The largest absolute Gasteiger partial charge is 0.324 e. The number of nitrogens with zero attached hydrogens (tertiary/aromatic N) is 2. The smallest absolute Gasteiger partial charge is 0.109 e. The van der Waals surface area contributed by atoms with Crippen LogP contribution in [0.2, 0.25) is 0 Å². The van der Waals surface area contributed by atoms with Crippen molar-refractivity contribution >= 4 is 11.0 Å². The fraction of sp³-hybridized carbons (Fsp3) is 0.357. The third-order valence-corrected chi connectivity index (χ3v) is 2.73. The summed E-state index contributed by atoms with van der Waals surface area (Å²) in [5.41, 5.74) is 3.68. The number of hydrogen-bond donors (Lipinski definition) is 0. The molecule has 0 fully saturated rings. The highest BCUT2D eigenvalue weighted by Gasteiger charge is 2.06. The van der Waals surface area contributed by atoms with Crippen LogP contribution in [-0.2, 0) is 13.0 Å². The van der Waals surface area contributed by atoms with Gasteiger partial charge in [0.25, 0.3) is 0 Å². The molecule has 0 radical (unpaired) electrons. The van der Waals surface area contributed by atoms with E-state index in [2.05, 4.69) is 54.6 Å². The molecule has 0 aliphatic carbocycles. The minimum atomic E-state index is 0.923. The van der Waals surface area contributed by atoms with E-state index in [-0.39, 0.29) is 0 Å². The van der Waals surface area contributed by atoms with Gasteiger partial charge in [0.1, 0.15) is 5.82 Å². The topological polar surface area (TPSA) is 17.8 Å². The zero-order valence-corrected chi connectivity index (χ0v) is 10.2. The summed E-state index contributed by atoms with van der Waals surface area (Å²) in [4.78, 5) is 4.64. The third kappa shape index (κ3) is 2.01. The van der Waals surface area contributed by atoms with Crippen molar-refractivity contribution in [3.8, 4) is 0 Å². The first kappa shape index (κ1) is 10.9. The number of hydrogen-bond acceptors (Lipinski definition) is 1. The maximum Gasteiger partial charge on any atom is 0.109 e. The van der Waals surface area contributed by atoms with E-state index in [4.69, 9.17) is 0 Å². The highest BCUT2D eigenvalue weighted by molar-refractivity contribution is 5.75. The highest BCUT2D eigenvalue weighted by Crippen LogP contribution is 2.16. The minimum Gasteiger partial charge on any atom is -0.324 e. The minimum absolute atomic E-state index is 0.923. The number of imidazole rings is 1. The molecule has 1 aromatic heterocycles. The van der Waals surface area contributed by atoms with Crippen LogP contribution >= 0.6 is 0 Å². The number of allylic oxidation sites excluding steroid dienone is 2. The first-order chi connectivity index (χ1) is 7.72. The summed E-state index contributed by atoms with van der Waals surface area (Å²) in [5, 5.41) is 0. The Bertz CT molecular complexity index is 517. The summed E-state index contributed by atoms with van der Waals surface area (Å²) in [6.07, 6.45) is 3.22. The molecule has 2 aromatic rings. The van der Waals surface area contributed by atoms with E-state index in [0.29, 0.717) is 0 Å². The van der Waals surface area contributed by atoms with Gasteiger partial charge in [-0.05, 0) is 26.0 Å². The molecule has 0 atom stereocenters. The van der Waals surface area contributed by atoms with Crippen LogP contribution < -0.4 is 0 Å². The number of aromatic nitrogens is 2. The van der Waals surface area contributed by atoms with Crippen molar-refractivity contribution in [3.05, 3.63) is 41.7 Å². The molecule has 84 valence electrons. The molecule has 1 aromatic carbocycles. The van der Waals surface area contributed by atoms with Crippen molar-refractivity contribution in [1.29, 1.82) is 0 Å². The summed E-state index contributed by atoms with van der Waals surface area (Å²) in [5.74, 6) is 1.17. The Labute approximate surface area is 96.6 Å². The van der Waals surface area contributed by atoms with E-state index < -0.39 is 0 Å². The molecular formula is C14H18N2. The molecule has 2 nitrogen and oxygen atoms in total. The van der Waals surface area contributed by atoms with Gasteiger partial charge in [0, 0.05) is 13.0 Å². The molecule has 0 saturated carbocycles. The Morgan fingerprint density at radius 1 is 1.31 bits per heavy atom. The number of para-hydroxylation sites is 2. The maximum absolute atomic E-state index is 4.64. The zero-order valence-electron chi connectivity index (χ0n) is 10.2. The molecule has 0 aliphatic rings. The van der Waals surface area contributed by atoms with Gasteiger partial charge in [0.2, 0.25) is 0 Å². The lowest BCUT2D eigenvalue weighted by molar-refractivity contribution is 0.765. The Kier molecular flexibility index (Phi) is 3.09. The van der Waals surface area contributed by atoms with Crippen LogP contribution in [0.3, 0.4) is 0 Å². The lowest BCUT2D eigenvalue weighted by Gasteiger charge is -2.04. The average molecular weight is 214 g/mol.